The van der Waals surface area contributed by atoms with Crippen LogP contribution in [0.25, 0.3) is 16.8 Å². The number of benzene rings is 4. The number of hydrogen-bond acceptors (Lipinski definition) is 4. The van der Waals surface area contributed by atoms with Crippen molar-refractivity contribution in [2.75, 3.05) is 19.7 Å². The maximum absolute atomic E-state index is 11.7. The molecule has 0 fully saturated rings. The zero-order chi connectivity index (χ0) is 24.7. The summed E-state index contributed by atoms with van der Waals surface area (Å²) in [5, 5.41) is 11.2. The molecule has 4 aromatic rings. The van der Waals surface area contributed by atoms with Crippen LogP contribution in [0.2, 0.25) is 0 Å². The maximum Gasteiger partial charge on any atom is 0.274 e. The van der Waals surface area contributed by atoms with Crippen molar-refractivity contribution in [1.82, 2.24) is 10.4 Å². The van der Waals surface area contributed by atoms with Gasteiger partial charge in [-0.2, -0.15) is 0 Å². The van der Waals surface area contributed by atoms with Crippen LogP contribution >= 0.6 is 0 Å². The Hall–Kier alpha value is -3.93. The Morgan fingerprint density at radius 2 is 1.67 bits per heavy atom. The molecule has 0 saturated carbocycles. The second-order valence-electron chi connectivity index (χ2n) is 9.17. The van der Waals surface area contributed by atoms with Gasteiger partial charge < -0.3 is 4.74 Å². The third-order valence-corrected chi connectivity index (χ3v) is 6.71. The Kier molecular flexibility index (Phi) is 7.41. The van der Waals surface area contributed by atoms with Crippen molar-refractivity contribution in [3.63, 3.8) is 0 Å². The van der Waals surface area contributed by atoms with Crippen LogP contribution in [-0.2, 0) is 13.0 Å². The quantitative estimate of drug-likeness (QED) is 0.246. The first-order valence-corrected chi connectivity index (χ1v) is 12.3. The van der Waals surface area contributed by atoms with Gasteiger partial charge >= 0.3 is 0 Å². The monoisotopic (exact) mass is 478 g/mol. The van der Waals surface area contributed by atoms with E-state index in [1.54, 1.807) is 17.6 Å². The summed E-state index contributed by atoms with van der Waals surface area (Å²) in [5.74, 6) is 0.389. The van der Waals surface area contributed by atoms with Crippen molar-refractivity contribution in [3.05, 3.63) is 119 Å². The van der Waals surface area contributed by atoms with Crippen LogP contribution in [0.5, 0.6) is 5.75 Å². The molecule has 0 radical (unpaired) electrons. The molecule has 2 N–H and O–H groups in total. The number of hydrogen-bond donors (Lipinski definition) is 2. The van der Waals surface area contributed by atoms with Gasteiger partial charge in [-0.05, 0) is 46.7 Å². The number of nitrogens with one attached hydrogen (secondary N) is 1. The first-order chi connectivity index (χ1) is 17.7. The SMILES string of the molecule is O=C(NO)c1ccc(C=C(CCOc2cccc3ccccc23)CN2CCc3ccccc3C2)cc1. The van der Waals surface area contributed by atoms with Crippen molar-refractivity contribution in [1.29, 1.82) is 0 Å². The lowest BCUT2D eigenvalue weighted by molar-refractivity contribution is 0.0706. The molecule has 1 aliphatic rings. The Morgan fingerprint density at radius 1 is 0.917 bits per heavy atom. The number of fused-ring (bicyclic) bond motifs is 2. The Morgan fingerprint density at radius 3 is 2.50 bits per heavy atom. The fourth-order valence-electron chi connectivity index (χ4n) is 4.82. The summed E-state index contributed by atoms with van der Waals surface area (Å²) in [6, 6.07) is 30.4. The lowest BCUT2D eigenvalue weighted by atomic mass is 9.99. The fraction of sp³-hybridized carbons (Fsp3) is 0.194. The van der Waals surface area contributed by atoms with E-state index in [1.165, 1.54) is 22.1 Å². The van der Waals surface area contributed by atoms with Gasteiger partial charge in [-0.3, -0.25) is 14.9 Å². The highest BCUT2D eigenvalue weighted by molar-refractivity contribution is 5.93. The molecule has 5 heteroatoms. The molecule has 1 amide bonds. The Labute approximate surface area is 211 Å². The van der Waals surface area contributed by atoms with Crippen molar-refractivity contribution in [3.8, 4) is 5.75 Å². The van der Waals surface area contributed by atoms with E-state index in [2.05, 4.69) is 53.4 Å². The van der Waals surface area contributed by atoms with Gasteiger partial charge in [0.05, 0.1) is 6.61 Å². The van der Waals surface area contributed by atoms with Gasteiger partial charge in [0.1, 0.15) is 5.75 Å². The number of carbonyl (C=O) groups is 1. The molecule has 0 unspecified atom stereocenters. The molecule has 1 aliphatic heterocycles. The molecule has 0 atom stereocenters. The number of hydroxylamine groups is 1. The van der Waals surface area contributed by atoms with Gasteiger partial charge in [0.25, 0.3) is 5.91 Å². The molecule has 1 heterocycles. The molecule has 5 nitrogen and oxygen atoms in total. The summed E-state index contributed by atoms with van der Waals surface area (Å²) in [4.78, 5) is 14.2. The molecule has 0 bridgehead atoms. The lowest BCUT2D eigenvalue weighted by Gasteiger charge is -2.29. The van der Waals surface area contributed by atoms with Crippen molar-refractivity contribution in [2.45, 2.75) is 19.4 Å². The average molecular weight is 479 g/mol. The van der Waals surface area contributed by atoms with Crippen LogP contribution in [0, 0.1) is 0 Å². The Balaban J connectivity index is 1.32. The highest BCUT2D eigenvalue weighted by Crippen LogP contribution is 2.26. The summed E-state index contributed by atoms with van der Waals surface area (Å²) >= 11 is 0. The van der Waals surface area contributed by atoms with Gasteiger partial charge in [0, 0.05) is 37.0 Å². The largest absolute Gasteiger partial charge is 0.493 e. The summed E-state index contributed by atoms with van der Waals surface area (Å²) in [7, 11) is 0. The minimum absolute atomic E-state index is 0.420. The summed E-state index contributed by atoms with van der Waals surface area (Å²) in [6.45, 7) is 3.39. The van der Waals surface area contributed by atoms with E-state index >= 15 is 0 Å². The van der Waals surface area contributed by atoms with E-state index in [9.17, 15) is 4.79 Å². The zero-order valence-electron chi connectivity index (χ0n) is 20.2. The summed E-state index contributed by atoms with van der Waals surface area (Å²) in [5.41, 5.74) is 7.23. The van der Waals surface area contributed by atoms with Crippen molar-refractivity contribution in [2.24, 2.45) is 0 Å². The van der Waals surface area contributed by atoms with Crippen LogP contribution in [0.1, 0.15) is 33.5 Å². The molecule has 5 rings (SSSR count). The van der Waals surface area contributed by atoms with Crippen LogP contribution in [0.3, 0.4) is 0 Å². The van der Waals surface area contributed by atoms with Gasteiger partial charge in [-0.25, -0.2) is 5.48 Å². The van der Waals surface area contributed by atoms with Gasteiger partial charge in [-0.15, -0.1) is 0 Å². The molecule has 0 spiro atoms. The molecule has 36 heavy (non-hydrogen) atoms. The van der Waals surface area contributed by atoms with E-state index < -0.39 is 5.91 Å². The molecular weight excluding hydrogens is 448 g/mol. The van der Waals surface area contributed by atoms with Crippen molar-refractivity contribution >= 4 is 22.8 Å². The highest BCUT2D eigenvalue weighted by Gasteiger charge is 2.17. The molecular formula is C31H30N2O3. The molecule has 182 valence electrons. The third kappa shape index (κ3) is 5.65. The lowest BCUT2D eigenvalue weighted by Crippen LogP contribution is -2.32. The predicted molar refractivity (Wildman–Crippen MR) is 143 cm³/mol. The van der Waals surface area contributed by atoms with Crippen LogP contribution < -0.4 is 10.2 Å². The molecule has 0 saturated heterocycles. The molecule has 0 aromatic heterocycles. The zero-order valence-corrected chi connectivity index (χ0v) is 20.2. The summed E-state index contributed by atoms with van der Waals surface area (Å²) in [6.07, 6.45) is 4.04. The number of amides is 1. The van der Waals surface area contributed by atoms with Gasteiger partial charge in [0.15, 0.2) is 0 Å². The second-order valence-corrected chi connectivity index (χ2v) is 9.17. The standard InChI is InChI=1S/C31H30N2O3/c34-31(32-35)27-14-12-23(13-15-27)20-24(21-33-18-16-25-6-1-2-8-28(25)22-33)17-19-36-30-11-5-9-26-7-3-4-10-29(26)30/h1-15,20,35H,16-19,21-22H2,(H,32,34). The van der Waals surface area contributed by atoms with E-state index in [-0.39, 0.29) is 0 Å². The van der Waals surface area contributed by atoms with Crippen LogP contribution in [0.4, 0.5) is 0 Å². The first kappa shape index (κ1) is 23.8. The minimum Gasteiger partial charge on any atom is -0.493 e. The fourth-order valence-corrected chi connectivity index (χ4v) is 4.82. The number of nitrogens with zero attached hydrogens (tertiary/aromatic N) is 1. The van der Waals surface area contributed by atoms with E-state index in [1.807, 2.05) is 36.4 Å². The first-order valence-electron chi connectivity index (χ1n) is 12.3. The summed E-state index contributed by atoms with van der Waals surface area (Å²) < 4.78 is 6.26. The normalized spacial score (nSPS) is 13.9. The van der Waals surface area contributed by atoms with Crippen LogP contribution in [0.15, 0.2) is 96.6 Å². The van der Waals surface area contributed by atoms with Gasteiger partial charge in [0.2, 0.25) is 0 Å². The van der Waals surface area contributed by atoms with E-state index in [0.29, 0.717) is 12.2 Å². The maximum atomic E-state index is 11.7. The predicted octanol–water partition coefficient (Wildman–Crippen LogP) is 5.87. The molecule has 0 aliphatic carbocycles. The van der Waals surface area contributed by atoms with Crippen molar-refractivity contribution < 1.29 is 14.7 Å². The highest BCUT2D eigenvalue weighted by atomic mass is 16.5. The third-order valence-electron chi connectivity index (χ3n) is 6.71. The second kappa shape index (κ2) is 11.2. The topological polar surface area (TPSA) is 61.8 Å². The molecule has 4 aromatic carbocycles. The minimum atomic E-state index is -0.513. The number of carbonyl (C=O) groups excluding carboxylic acids is 1. The average Bonchev–Trinajstić information content (AvgIpc) is 2.93. The van der Waals surface area contributed by atoms with E-state index in [0.717, 1.165) is 49.2 Å². The Bertz CT molecular complexity index is 1370. The number of rotatable bonds is 8. The van der Waals surface area contributed by atoms with E-state index in [4.69, 9.17) is 9.94 Å². The van der Waals surface area contributed by atoms with Crippen LogP contribution in [-0.4, -0.2) is 35.7 Å². The van der Waals surface area contributed by atoms with Gasteiger partial charge in [-0.1, -0.05) is 84.4 Å². The smallest absolute Gasteiger partial charge is 0.274 e. The number of ether oxygens (including phenoxy) is 1.